The molecule has 0 amide bonds. The molecule has 0 spiro atoms. The number of rotatable bonds is 5. The van der Waals surface area contributed by atoms with Gasteiger partial charge in [0.2, 0.25) is 5.01 Å². The topological polar surface area (TPSA) is 111 Å². The van der Waals surface area contributed by atoms with E-state index in [1.54, 1.807) is 0 Å². The average Bonchev–Trinajstić information content (AvgIpc) is 2.64. The minimum atomic E-state index is -3.68. The fraction of sp³-hybridized carbons (Fsp3) is 0.375. The molecule has 0 radical (unpaired) electrons. The van der Waals surface area contributed by atoms with Crippen molar-refractivity contribution in [3.05, 3.63) is 16.1 Å². The number of nitrogens with zero attached hydrogens (tertiary/aromatic N) is 1. The van der Waals surface area contributed by atoms with Crippen molar-refractivity contribution < 1.29 is 27.9 Å². The standard InChI is InChI=1S/C8H9NO6S2/c1-15-6(10)4-17(13,14)3-5-2-16-7(9-5)8(11)12/h2H,3-4H2,1H3,(H,11,12). The largest absolute Gasteiger partial charge is 0.476 e. The number of ether oxygens (including phenoxy) is 1. The van der Waals surface area contributed by atoms with Crippen LogP contribution in [0.3, 0.4) is 0 Å². The molecule has 1 rings (SSSR count). The Morgan fingerprint density at radius 3 is 2.65 bits per heavy atom. The van der Waals surface area contributed by atoms with Crippen molar-refractivity contribution in [3.8, 4) is 0 Å². The van der Waals surface area contributed by atoms with Gasteiger partial charge in [0, 0.05) is 5.38 Å². The smallest absolute Gasteiger partial charge is 0.365 e. The van der Waals surface area contributed by atoms with Crippen LogP contribution in [0, 0.1) is 0 Å². The highest BCUT2D eigenvalue weighted by Gasteiger charge is 2.20. The molecular weight excluding hydrogens is 270 g/mol. The van der Waals surface area contributed by atoms with Crippen LogP contribution in [0.1, 0.15) is 15.5 Å². The van der Waals surface area contributed by atoms with E-state index in [9.17, 15) is 18.0 Å². The number of hydrogen-bond acceptors (Lipinski definition) is 7. The highest BCUT2D eigenvalue weighted by atomic mass is 32.2. The third kappa shape index (κ3) is 4.11. The Labute approximate surface area is 101 Å². The van der Waals surface area contributed by atoms with E-state index in [1.165, 1.54) is 5.38 Å². The summed E-state index contributed by atoms with van der Waals surface area (Å²) >= 11 is 0.832. The maximum atomic E-state index is 11.5. The van der Waals surface area contributed by atoms with E-state index in [0.717, 1.165) is 18.4 Å². The third-order valence-electron chi connectivity index (χ3n) is 1.67. The van der Waals surface area contributed by atoms with E-state index >= 15 is 0 Å². The molecule has 0 aliphatic carbocycles. The van der Waals surface area contributed by atoms with Gasteiger partial charge in [-0.3, -0.25) is 4.79 Å². The van der Waals surface area contributed by atoms with Crippen LogP contribution in [-0.2, 0) is 25.1 Å². The first-order chi connectivity index (χ1) is 7.84. The van der Waals surface area contributed by atoms with Gasteiger partial charge in [-0.05, 0) is 0 Å². The lowest BCUT2D eigenvalue weighted by Crippen LogP contribution is -2.19. The van der Waals surface area contributed by atoms with Crippen molar-refractivity contribution in [2.24, 2.45) is 0 Å². The Hall–Kier alpha value is -1.48. The summed E-state index contributed by atoms with van der Waals surface area (Å²) in [6.07, 6.45) is 0. The van der Waals surface area contributed by atoms with Gasteiger partial charge in [0.15, 0.2) is 9.84 Å². The SMILES string of the molecule is COC(=O)CS(=O)(=O)Cc1csc(C(=O)O)n1. The molecule has 1 aromatic rings. The average molecular weight is 279 g/mol. The van der Waals surface area contributed by atoms with Crippen LogP contribution in [0.4, 0.5) is 0 Å². The molecule has 1 aromatic heterocycles. The molecule has 0 fully saturated rings. The fourth-order valence-electron chi connectivity index (χ4n) is 0.986. The van der Waals surface area contributed by atoms with Gasteiger partial charge in [-0.25, -0.2) is 18.2 Å². The van der Waals surface area contributed by atoms with Crippen molar-refractivity contribution >= 4 is 33.1 Å². The van der Waals surface area contributed by atoms with Gasteiger partial charge in [0.25, 0.3) is 0 Å². The molecule has 7 nitrogen and oxygen atoms in total. The second-order valence-electron chi connectivity index (χ2n) is 3.06. The van der Waals surface area contributed by atoms with E-state index in [-0.39, 0.29) is 10.7 Å². The lowest BCUT2D eigenvalue weighted by molar-refractivity contribution is -0.137. The predicted octanol–water partition coefficient (Wildman–Crippen LogP) is -0.0709. The Balaban J connectivity index is 2.76. The maximum absolute atomic E-state index is 11.5. The van der Waals surface area contributed by atoms with Crippen molar-refractivity contribution in [1.82, 2.24) is 4.98 Å². The monoisotopic (exact) mass is 279 g/mol. The second-order valence-corrected chi connectivity index (χ2v) is 5.98. The molecular formula is C8H9NO6S2. The van der Waals surface area contributed by atoms with Crippen LogP contribution in [0.5, 0.6) is 0 Å². The van der Waals surface area contributed by atoms with Gasteiger partial charge in [0.1, 0.15) is 5.75 Å². The summed E-state index contributed by atoms with van der Waals surface area (Å²) in [5, 5.41) is 9.75. The summed E-state index contributed by atoms with van der Waals surface area (Å²) in [5.74, 6) is -3.31. The number of carboxylic acid groups (broad SMARTS) is 1. The molecule has 0 saturated carbocycles. The molecule has 1 N–H and O–H groups in total. The van der Waals surface area contributed by atoms with Crippen LogP contribution >= 0.6 is 11.3 Å². The van der Waals surface area contributed by atoms with Gasteiger partial charge in [-0.1, -0.05) is 0 Å². The van der Waals surface area contributed by atoms with Crippen molar-refractivity contribution in [2.45, 2.75) is 5.75 Å². The summed E-state index contributed by atoms with van der Waals surface area (Å²) in [6, 6.07) is 0. The lowest BCUT2D eigenvalue weighted by atomic mass is 10.6. The molecule has 0 aromatic carbocycles. The van der Waals surface area contributed by atoms with Gasteiger partial charge in [-0.2, -0.15) is 0 Å². The maximum Gasteiger partial charge on any atom is 0.365 e. The first-order valence-corrected chi connectivity index (χ1v) is 6.99. The molecule has 0 atom stereocenters. The van der Waals surface area contributed by atoms with Crippen LogP contribution < -0.4 is 0 Å². The van der Waals surface area contributed by atoms with Crippen LogP contribution in [0.15, 0.2) is 5.38 Å². The zero-order chi connectivity index (χ0) is 13.1. The highest BCUT2D eigenvalue weighted by Crippen LogP contribution is 2.12. The van der Waals surface area contributed by atoms with Gasteiger partial charge < -0.3 is 9.84 Å². The zero-order valence-electron chi connectivity index (χ0n) is 8.74. The molecule has 0 bridgehead atoms. The Kier molecular flexibility index (Phi) is 4.18. The van der Waals surface area contributed by atoms with E-state index in [2.05, 4.69) is 9.72 Å². The molecule has 0 saturated heterocycles. The van der Waals surface area contributed by atoms with E-state index in [0.29, 0.717) is 0 Å². The molecule has 9 heteroatoms. The van der Waals surface area contributed by atoms with Gasteiger partial charge in [-0.15, -0.1) is 11.3 Å². The number of esters is 1. The van der Waals surface area contributed by atoms with Crippen LogP contribution in [-0.4, -0.2) is 43.3 Å². The minimum Gasteiger partial charge on any atom is -0.476 e. The van der Waals surface area contributed by atoms with E-state index < -0.39 is 33.3 Å². The summed E-state index contributed by atoms with van der Waals surface area (Å²) < 4.78 is 27.2. The third-order valence-corrected chi connectivity index (χ3v) is 3.96. The Morgan fingerprint density at radius 2 is 2.18 bits per heavy atom. The number of aromatic nitrogens is 1. The zero-order valence-corrected chi connectivity index (χ0v) is 10.4. The van der Waals surface area contributed by atoms with Crippen molar-refractivity contribution in [3.63, 3.8) is 0 Å². The first-order valence-electron chi connectivity index (χ1n) is 4.29. The fourth-order valence-corrected chi connectivity index (χ4v) is 2.92. The van der Waals surface area contributed by atoms with Gasteiger partial charge >= 0.3 is 11.9 Å². The number of carbonyl (C=O) groups is 2. The number of thiazole rings is 1. The quantitative estimate of drug-likeness (QED) is 0.751. The van der Waals surface area contributed by atoms with Crippen LogP contribution in [0.25, 0.3) is 0 Å². The molecule has 94 valence electrons. The Bertz CT molecular complexity index is 532. The summed E-state index contributed by atoms with van der Waals surface area (Å²) in [7, 11) is -2.60. The van der Waals surface area contributed by atoms with Crippen molar-refractivity contribution in [2.75, 3.05) is 12.9 Å². The number of sulfone groups is 1. The first kappa shape index (κ1) is 13.6. The predicted molar refractivity (Wildman–Crippen MR) is 58.6 cm³/mol. The number of carboxylic acids is 1. The highest BCUT2D eigenvalue weighted by molar-refractivity contribution is 7.91. The minimum absolute atomic E-state index is 0.108. The molecule has 0 aliphatic heterocycles. The lowest BCUT2D eigenvalue weighted by Gasteiger charge is -2.00. The molecule has 17 heavy (non-hydrogen) atoms. The number of aromatic carboxylic acids is 1. The Morgan fingerprint density at radius 1 is 1.53 bits per heavy atom. The number of carbonyl (C=O) groups excluding carboxylic acids is 1. The molecule has 1 heterocycles. The summed E-state index contributed by atoms with van der Waals surface area (Å²) in [6.45, 7) is 0. The van der Waals surface area contributed by atoms with E-state index in [4.69, 9.17) is 5.11 Å². The van der Waals surface area contributed by atoms with Gasteiger partial charge in [0.05, 0.1) is 18.6 Å². The second kappa shape index (κ2) is 5.23. The molecule has 0 unspecified atom stereocenters. The van der Waals surface area contributed by atoms with E-state index in [1.807, 2.05) is 0 Å². The number of hydrogen-bond donors (Lipinski definition) is 1. The molecule has 0 aliphatic rings. The normalized spacial score (nSPS) is 11.1. The van der Waals surface area contributed by atoms with Crippen molar-refractivity contribution in [1.29, 1.82) is 0 Å². The summed E-state index contributed by atoms with van der Waals surface area (Å²) in [4.78, 5) is 25.0. The van der Waals surface area contributed by atoms with Crippen LogP contribution in [0.2, 0.25) is 0 Å². The number of methoxy groups -OCH3 is 1. The summed E-state index contributed by atoms with van der Waals surface area (Å²) in [5.41, 5.74) is 0.108.